The summed E-state index contributed by atoms with van der Waals surface area (Å²) in [6.07, 6.45) is 27.0. The Kier molecular flexibility index (Phi) is 35.7. The number of hydrogen-bond acceptors (Lipinski definition) is 30. The molecule has 2 N–H and O–H groups in total. The molecule has 46 heteroatoms. The Bertz CT molecular complexity index is 7150. The second kappa shape index (κ2) is 46.5. The number of sulfonamides is 2. The predicted molar refractivity (Wildman–Crippen MR) is 529 cm³/mol. The van der Waals surface area contributed by atoms with Crippen molar-refractivity contribution in [1.29, 1.82) is 0 Å². The molecular weight excluding hydrogens is 1930 g/mol. The molecule has 6 atom stereocenters. The van der Waals surface area contributed by atoms with Gasteiger partial charge in [-0.2, -0.15) is 0 Å². The van der Waals surface area contributed by atoms with Gasteiger partial charge in [0.25, 0.3) is 0 Å². The molecule has 0 amide bonds. The summed E-state index contributed by atoms with van der Waals surface area (Å²) in [6, 6.07) is 24.9. The van der Waals surface area contributed by atoms with Crippen LogP contribution in [0.3, 0.4) is 0 Å². The summed E-state index contributed by atoms with van der Waals surface area (Å²) >= 11 is 0. The van der Waals surface area contributed by atoms with Crippen molar-refractivity contribution in [2.45, 2.75) is 84.0 Å². The van der Waals surface area contributed by atoms with E-state index in [-0.39, 0.29) is 94.1 Å². The number of aromatic nitrogens is 12. The summed E-state index contributed by atoms with van der Waals surface area (Å²) in [6.45, 7) is 18.3. The molecule has 6 aliphatic heterocycles. The van der Waals surface area contributed by atoms with Crippen LogP contribution in [0, 0.1) is 83.9 Å². The molecule has 6 unspecified atom stereocenters. The van der Waals surface area contributed by atoms with Gasteiger partial charge in [-0.1, -0.05) is 12.1 Å². The maximum Gasteiger partial charge on any atom is 0.222 e. The van der Waals surface area contributed by atoms with Crippen LogP contribution in [-0.2, 0) is 59.4 Å². The van der Waals surface area contributed by atoms with Crippen LogP contribution in [0.5, 0.6) is 0 Å². The molecule has 18 rings (SSSR count). The Morgan fingerprint density at radius 1 is 0.319 bits per heavy atom. The zero-order valence-corrected chi connectivity index (χ0v) is 83.1. The van der Waals surface area contributed by atoms with E-state index in [9.17, 15) is 76.8 Å². The number of rotatable bonds is 20. The smallest absolute Gasteiger partial charge is 0.222 e. The topological polar surface area (TPSA) is 407 Å². The fourth-order valence-corrected chi connectivity index (χ4v) is 24.1. The molecule has 138 heavy (non-hydrogen) atoms. The van der Waals surface area contributed by atoms with E-state index in [0.717, 1.165) is 174 Å². The maximum absolute atomic E-state index is 13.8. The van der Waals surface area contributed by atoms with E-state index in [2.05, 4.69) is 88.8 Å². The number of fused-ring (bicyclic) bond motifs is 6. The number of para-hydroxylation sites is 1. The minimum atomic E-state index is -3.22. The van der Waals surface area contributed by atoms with Crippen LogP contribution in [0.4, 0.5) is 66.9 Å². The highest BCUT2D eigenvalue weighted by molar-refractivity contribution is 7.91. The third-order valence-corrected chi connectivity index (χ3v) is 30.1. The van der Waals surface area contributed by atoms with Gasteiger partial charge in [-0.25, -0.2) is 151 Å². The van der Waals surface area contributed by atoms with Crippen LogP contribution in [0.2, 0.25) is 0 Å². The van der Waals surface area contributed by atoms with Gasteiger partial charge in [0, 0.05) is 167 Å². The highest BCUT2D eigenvalue weighted by Gasteiger charge is 2.33. The maximum atomic E-state index is 13.8. The van der Waals surface area contributed by atoms with Crippen molar-refractivity contribution in [3.63, 3.8) is 0 Å². The summed E-state index contributed by atoms with van der Waals surface area (Å²) in [5, 5.41) is 4.39. The largest absolute Gasteiger partial charge is 0.356 e. The first-order chi connectivity index (χ1) is 64.9. The first-order valence-electron chi connectivity index (χ1n) is 44.8. The van der Waals surface area contributed by atoms with Crippen molar-refractivity contribution in [2.24, 2.45) is 35.5 Å². The monoisotopic (exact) mass is 2040 g/mol. The predicted octanol–water partition coefficient (Wildman–Crippen LogP) is 12.5. The SMILES string of the molecule is CS(=O)(=O)CC1CCCN(c2ncnc3cc(F)c(F)cc23)C1.CS(=O)(=O)CC1CCCN(c2ncnc3cc(F)ccc23)C1.CS(=O)(=O)CC1CCCN(c2ncnc3ccc(F)cc23)C1.CS(=O)(=O)CC1CCCN(c2ncnc3ccccc23)C1.Cc1cc2c(N3CCCC(CNS(C)(=O)=O)C3)ncnc2cc1F.Cl.[C-]#[N+]c1cc2c(N3CCCC(CNS(C)(=O)=O)C3)ncnc2cc1F. The number of sulfone groups is 4. The Morgan fingerprint density at radius 3 is 0.978 bits per heavy atom. The standard InChI is InChI=1S/C16H18FN5O2S.C16H21FN4O2S.C15H17F2N3O2S.2C15H18FN3O2S.C15H19N3O2S.ClH/c1-18-15-6-12-14(7-13(15)17)19-10-20-16(12)22-5-3-4-11(9-22)8-21-25(2,23)24;1-11-6-13-15(7-14(11)17)18-10-19-16(13)21-5-3-4-12(9-21)8-20-24(2,22)23;1-23(21,22)8-10-3-2-4-20(7-10)15-11-5-12(16)13(17)6-14(11)18-9-19-15;1-22(20,21)9-11-3-2-6-19(8-11)15-13-7-12(16)4-5-14(13)17-10-18-15;1-22(20,21)9-11-3-2-6-19(8-11)15-13-5-4-12(16)7-14(13)17-10-18-15;1-21(19,20)10-12-5-4-8-18(9-12)15-13-6-2-3-7-14(13)16-11-17-15;/h6-7,10-11,21H,3-5,8-9H2,2H3;6-7,10,12,20H,3-5,8-9H2,1-2H3;5-6,9-10H,2-4,7-8H2,1H3;2*4-5,7,10-11H,2-3,6,8-9H2,1H3;2-3,6-7,11-12H,4-5,8-10H2,1H3;1H. The third kappa shape index (κ3) is 30.3. The molecule has 12 heterocycles. The van der Waals surface area contributed by atoms with E-state index in [1.165, 1.54) is 105 Å². The lowest BCUT2D eigenvalue weighted by molar-refractivity contribution is 0.410. The van der Waals surface area contributed by atoms with E-state index in [0.29, 0.717) is 119 Å². The molecule has 6 aliphatic rings. The summed E-state index contributed by atoms with van der Waals surface area (Å²) in [7, 11) is -18.4. The summed E-state index contributed by atoms with van der Waals surface area (Å²) in [4.78, 5) is 66.4. The van der Waals surface area contributed by atoms with E-state index in [1.54, 1.807) is 31.5 Å². The average molecular weight is 2050 g/mol. The van der Waals surface area contributed by atoms with Gasteiger partial charge in [0.15, 0.2) is 11.6 Å². The molecule has 0 radical (unpaired) electrons. The molecule has 0 spiro atoms. The molecule has 33 nitrogen and oxygen atoms in total. The molecule has 12 aromatic rings. The normalized spacial score (nSPS) is 19.1. The minimum Gasteiger partial charge on any atom is -0.356 e. The number of benzene rings is 6. The van der Waals surface area contributed by atoms with Gasteiger partial charge in [-0.3, -0.25) is 0 Å². The van der Waals surface area contributed by atoms with Gasteiger partial charge < -0.3 is 29.4 Å². The fourth-order valence-electron chi connectivity index (χ4n) is 18.6. The molecule has 0 saturated carbocycles. The van der Waals surface area contributed by atoms with Crippen LogP contribution in [0.25, 0.3) is 70.3 Å². The van der Waals surface area contributed by atoms with Crippen molar-refractivity contribution in [2.75, 3.05) is 182 Å². The van der Waals surface area contributed by atoms with Crippen LogP contribution < -0.4 is 38.8 Å². The highest BCUT2D eigenvalue weighted by Crippen LogP contribution is 2.38. The Morgan fingerprint density at radius 2 is 0.601 bits per heavy atom. The lowest BCUT2D eigenvalue weighted by Crippen LogP contribution is -2.41. The Labute approximate surface area is 806 Å². The molecule has 0 bridgehead atoms. The van der Waals surface area contributed by atoms with Crippen molar-refractivity contribution in [1.82, 2.24) is 69.3 Å². The lowest BCUT2D eigenvalue weighted by Gasteiger charge is -2.34. The second-order valence-corrected chi connectivity index (χ2v) is 48.6. The van der Waals surface area contributed by atoms with Gasteiger partial charge in [0.2, 0.25) is 25.7 Å². The van der Waals surface area contributed by atoms with E-state index in [1.807, 2.05) is 39.0 Å². The van der Waals surface area contributed by atoms with Gasteiger partial charge in [-0.05, 0) is 192 Å². The summed E-state index contributed by atoms with van der Waals surface area (Å²) in [5.74, 6) is 2.41. The van der Waals surface area contributed by atoms with Crippen LogP contribution in [0.15, 0.2) is 135 Å². The van der Waals surface area contributed by atoms with Gasteiger partial charge >= 0.3 is 0 Å². The Balaban J connectivity index is 0.000000148. The van der Waals surface area contributed by atoms with Crippen molar-refractivity contribution in [3.8, 4) is 0 Å². The van der Waals surface area contributed by atoms with Gasteiger partial charge in [0.05, 0.1) is 75.2 Å². The number of nitrogens with zero attached hydrogens (tertiary/aromatic N) is 19. The summed E-state index contributed by atoms with van der Waals surface area (Å²) < 4.78 is 224. The quantitative estimate of drug-likeness (QED) is 0.0528. The highest BCUT2D eigenvalue weighted by atomic mass is 35.5. The van der Waals surface area contributed by atoms with Gasteiger partial charge in [0.1, 0.15) is 135 Å². The van der Waals surface area contributed by atoms with E-state index in [4.69, 9.17) is 6.57 Å². The lowest BCUT2D eigenvalue weighted by atomic mass is 9.98. The number of halogens is 7. The minimum absolute atomic E-state index is 0. The average Bonchev–Trinajstić information content (AvgIpc) is 0.658. The molecule has 0 aliphatic carbocycles. The second-order valence-electron chi connectivity index (χ2n) is 36.2. The van der Waals surface area contributed by atoms with Crippen LogP contribution >= 0.6 is 12.4 Å². The van der Waals surface area contributed by atoms with Crippen LogP contribution in [-0.4, -0.2) is 262 Å². The Hall–Kier alpha value is -10.9. The van der Waals surface area contributed by atoms with Crippen molar-refractivity contribution < 1.29 is 76.8 Å². The first kappa shape index (κ1) is 106. The summed E-state index contributed by atoms with van der Waals surface area (Å²) in [5.41, 5.74) is 4.05. The first-order valence-corrected chi connectivity index (χ1v) is 56.9. The fraction of sp³-hybridized carbons (Fsp3) is 0.467. The number of nitrogens with one attached hydrogen (secondary N) is 2. The van der Waals surface area contributed by atoms with Crippen molar-refractivity contribution >= 4 is 178 Å². The zero-order valence-electron chi connectivity index (χ0n) is 77.4. The molecule has 6 aromatic heterocycles. The van der Waals surface area contributed by atoms with Crippen LogP contribution in [0.1, 0.15) is 82.6 Å². The molecule has 6 fully saturated rings. The third-order valence-electron chi connectivity index (χ3n) is 24.4. The molecule has 6 aromatic carbocycles. The number of piperidine rings is 6. The molecule has 6 saturated heterocycles. The van der Waals surface area contributed by atoms with E-state index < -0.39 is 76.8 Å². The molecule has 742 valence electrons. The zero-order chi connectivity index (χ0) is 98.3. The number of aryl methyl sites for hydroxylation is 1. The number of hydrogen-bond donors (Lipinski definition) is 2. The number of anilines is 6. The van der Waals surface area contributed by atoms with E-state index >= 15 is 0 Å². The van der Waals surface area contributed by atoms with Gasteiger partial charge in [-0.15, -0.1) is 12.4 Å². The molecular formula is C92H112ClF6N21O12S6. The van der Waals surface area contributed by atoms with Crippen molar-refractivity contribution in [3.05, 3.63) is 187 Å².